The van der Waals surface area contributed by atoms with E-state index in [1.165, 1.54) is 9.87 Å². The molecule has 196 valence electrons. The van der Waals surface area contributed by atoms with Crippen LogP contribution in [-0.4, -0.2) is 43.4 Å². The number of benzene rings is 2. The molecular weight excluding hydrogens is 486 g/mol. The Balaban J connectivity index is 1.60. The summed E-state index contributed by atoms with van der Waals surface area (Å²) in [5.74, 6) is -0.272. The number of sulfonamides is 1. The Hall–Kier alpha value is -3.23. The number of rotatable bonds is 7. The maximum absolute atomic E-state index is 13.8. The number of carbonyl (C=O) groups excluding carboxylic acids is 1. The molecule has 0 N–H and O–H groups in total. The molecule has 1 aliphatic heterocycles. The number of anilines is 1. The zero-order chi connectivity index (χ0) is 26.7. The second-order valence-electron chi connectivity index (χ2n) is 9.73. The summed E-state index contributed by atoms with van der Waals surface area (Å²) in [6.07, 6.45) is 4.82. The van der Waals surface area contributed by atoms with Gasteiger partial charge >= 0.3 is 0 Å². The van der Waals surface area contributed by atoms with Crippen molar-refractivity contribution >= 4 is 33.8 Å². The van der Waals surface area contributed by atoms with Gasteiger partial charge in [0.1, 0.15) is 5.69 Å². The lowest BCUT2D eigenvalue weighted by molar-refractivity contribution is -0.123. The number of aryl methyl sites for hydroxylation is 4. The van der Waals surface area contributed by atoms with Gasteiger partial charge in [0.05, 0.1) is 5.92 Å². The van der Waals surface area contributed by atoms with Crippen molar-refractivity contribution in [1.82, 2.24) is 9.46 Å². The van der Waals surface area contributed by atoms with Gasteiger partial charge in [-0.2, -0.15) is 4.31 Å². The monoisotopic (exact) mass is 521 g/mol. The van der Waals surface area contributed by atoms with E-state index in [4.69, 9.17) is 4.52 Å². The molecule has 1 aromatic heterocycles. The number of para-hydroxylation sites is 1. The van der Waals surface area contributed by atoms with Gasteiger partial charge < -0.3 is 9.42 Å². The molecule has 1 fully saturated rings. The molecule has 3 aromatic rings. The predicted molar refractivity (Wildman–Crippen MR) is 147 cm³/mol. The zero-order valence-corrected chi connectivity index (χ0v) is 23.0. The van der Waals surface area contributed by atoms with E-state index >= 15 is 0 Å². The second kappa shape index (κ2) is 11.0. The zero-order valence-electron chi connectivity index (χ0n) is 22.2. The highest BCUT2D eigenvalue weighted by molar-refractivity contribution is 7.89. The van der Waals surface area contributed by atoms with E-state index < -0.39 is 15.9 Å². The number of carbonyl (C=O) groups is 1. The van der Waals surface area contributed by atoms with E-state index in [1.807, 2.05) is 64.1 Å². The maximum atomic E-state index is 13.8. The molecule has 37 heavy (non-hydrogen) atoms. The summed E-state index contributed by atoms with van der Waals surface area (Å²) in [4.78, 5) is 15.2. The van der Waals surface area contributed by atoms with Crippen LogP contribution < -0.4 is 4.90 Å². The number of aromatic nitrogens is 1. The van der Waals surface area contributed by atoms with Gasteiger partial charge in [-0.1, -0.05) is 47.1 Å². The fourth-order valence-corrected chi connectivity index (χ4v) is 6.97. The van der Waals surface area contributed by atoms with Crippen molar-refractivity contribution in [3.63, 3.8) is 0 Å². The van der Waals surface area contributed by atoms with E-state index in [2.05, 4.69) is 17.3 Å². The van der Waals surface area contributed by atoms with Gasteiger partial charge in [-0.25, -0.2) is 8.42 Å². The molecule has 1 atom stereocenters. The molecule has 2 heterocycles. The summed E-state index contributed by atoms with van der Waals surface area (Å²) in [6, 6.07) is 13.7. The van der Waals surface area contributed by atoms with E-state index in [1.54, 1.807) is 17.9 Å². The van der Waals surface area contributed by atoms with Crippen LogP contribution >= 0.6 is 0 Å². The van der Waals surface area contributed by atoms with E-state index in [0.717, 1.165) is 22.4 Å². The molecule has 1 amide bonds. The first kappa shape index (κ1) is 26.8. The highest BCUT2D eigenvalue weighted by Gasteiger charge is 2.38. The summed E-state index contributed by atoms with van der Waals surface area (Å²) < 4.78 is 34.5. The number of piperidine rings is 1. The number of amides is 1. The van der Waals surface area contributed by atoms with E-state index in [9.17, 15) is 13.2 Å². The highest BCUT2D eigenvalue weighted by Crippen LogP contribution is 2.31. The van der Waals surface area contributed by atoms with Crippen LogP contribution in [0.5, 0.6) is 0 Å². The van der Waals surface area contributed by atoms with Gasteiger partial charge in [-0.15, -0.1) is 0 Å². The summed E-state index contributed by atoms with van der Waals surface area (Å²) in [5.41, 5.74) is 5.53. The van der Waals surface area contributed by atoms with Crippen LogP contribution in [0.3, 0.4) is 0 Å². The average Bonchev–Trinajstić information content (AvgIpc) is 3.25. The van der Waals surface area contributed by atoms with Crippen molar-refractivity contribution in [3.05, 3.63) is 76.2 Å². The molecule has 0 aliphatic carbocycles. The molecular formula is C29H35N3O4S. The fourth-order valence-electron chi connectivity index (χ4n) is 5.20. The van der Waals surface area contributed by atoms with Crippen LogP contribution in [0.2, 0.25) is 0 Å². The summed E-state index contributed by atoms with van der Waals surface area (Å²) in [7, 11) is -3.92. The predicted octanol–water partition coefficient (Wildman–Crippen LogP) is 5.53. The number of hydrogen-bond donors (Lipinski definition) is 0. The van der Waals surface area contributed by atoms with Crippen molar-refractivity contribution in [2.24, 2.45) is 5.92 Å². The van der Waals surface area contributed by atoms with Crippen LogP contribution in [0.15, 0.2) is 51.9 Å². The number of nitrogens with zero attached hydrogens (tertiary/aromatic N) is 3. The molecule has 7 nitrogen and oxygen atoms in total. The SMILES string of the molecule is CCN(C(=O)C1CCCN(S(=O)(=O)c2c(C)noc2C=Cc2c(C)cc(C)cc2C)C1)c1ccccc1. The van der Waals surface area contributed by atoms with Crippen molar-refractivity contribution in [1.29, 1.82) is 0 Å². The lowest BCUT2D eigenvalue weighted by Gasteiger charge is -2.34. The first-order valence-corrected chi connectivity index (χ1v) is 14.2. The van der Waals surface area contributed by atoms with Gasteiger partial charge in [0.2, 0.25) is 15.9 Å². The molecule has 4 rings (SSSR count). The van der Waals surface area contributed by atoms with Crippen LogP contribution in [0.1, 0.15) is 53.5 Å². The number of hydrogen-bond acceptors (Lipinski definition) is 5. The topological polar surface area (TPSA) is 83.7 Å². The fraction of sp³-hybridized carbons (Fsp3) is 0.379. The summed E-state index contributed by atoms with van der Waals surface area (Å²) in [6.45, 7) is 10.7. The molecule has 0 saturated carbocycles. The van der Waals surface area contributed by atoms with Gasteiger partial charge in [-0.3, -0.25) is 4.79 Å². The standard InChI is InChI=1S/C29H35N3O4S/c1-6-32(25-12-8-7-9-13-25)29(33)24-11-10-16-31(19-24)37(34,35)28-23(5)30-36-27(28)15-14-26-21(3)17-20(2)18-22(26)4/h7-9,12-15,17-18,24H,6,10-11,16,19H2,1-5H3. The third-order valence-electron chi connectivity index (χ3n) is 6.95. The molecule has 1 aliphatic rings. The lowest BCUT2D eigenvalue weighted by Crippen LogP contribution is -2.47. The molecule has 0 bridgehead atoms. The molecule has 0 spiro atoms. The van der Waals surface area contributed by atoms with Crippen LogP contribution in [0.4, 0.5) is 5.69 Å². The largest absolute Gasteiger partial charge is 0.355 e. The van der Waals surface area contributed by atoms with Crippen molar-refractivity contribution in [2.75, 3.05) is 24.5 Å². The normalized spacial score (nSPS) is 16.8. The highest BCUT2D eigenvalue weighted by atomic mass is 32.2. The Morgan fingerprint density at radius 3 is 2.43 bits per heavy atom. The molecule has 2 aromatic carbocycles. The summed E-state index contributed by atoms with van der Waals surface area (Å²) in [5, 5.41) is 3.98. The quantitative estimate of drug-likeness (QED) is 0.408. The first-order chi connectivity index (χ1) is 17.6. The van der Waals surface area contributed by atoms with Gasteiger partial charge in [0.15, 0.2) is 10.7 Å². The lowest BCUT2D eigenvalue weighted by atomic mass is 9.97. The van der Waals surface area contributed by atoms with Crippen molar-refractivity contribution in [3.8, 4) is 0 Å². The Kier molecular flexibility index (Phi) is 7.99. The van der Waals surface area contributed by atoms with Crippen molar-refractivity contribution in [2.45, 2.75) is 52.4 Å². The second-order valence-corrected chi connectivity index (χ2v) is 11.6. The average molecular weight is 522 g/mol. The minimum absolute atomic E-state index is 0.0546. The molecule has 8 heteroatoms. The molecule has 1 unspecified atom stereocenters. The van der Waals surface area contributed by atoms with E-state index in [0.29, 0.717) is 31.6 Å². The van der Waals surface area contributed by atoms with E-state index in [-0.39, 0.29) is 23.1 Å². The Bertz CT molecular complexity index is 1390. The third-order valence-corrected chi connectivity index (χ3v) is 8.98. The Labute approximate surface area is 219 Å². The third kappa shape index (κ3) is 5.55. The van der Waals surface area contributed by atoms with Crippen molar-refractivity contribution < 1.29 is 17.7 Å². The molecule has 0 radical (unpaired) electrons. The minimum atomic E-state index is -3.92. The molecule has 1 saturated heterocycles. The van der Waals surface area contributed by atoms with Gasteiger partial charge in [-0.05, 0) is 82.4 Å². The Morgan fingerprint density at radius 2 is 1.78 bits per heavy atom. The minimum Gasteiger partial charge on any atom is -0.355 e. The van der Waals surface area contributed by atoms with Crippen LogP contribution in [0.25, 0.3) is 12.2 Å². The van der Waals surface area contributed by atoms with Crippen LogP contribution in [0, 0.1) is 33.6 Å². The van der Waals surface area contributed by atoms with Gasteiger partial charge in [0, 0.05) is 25.3 Å². The van der Waals surface area contributed by atoms with Crippen LogP contribution in [-0.2, 0) is 14.8 Å². The summed E-state index contributed by atoms with van der Waals surface area (Å²) >= 11 is 0. The smallest absolute Gasteiger partial charge is 0.248 e. The Morgan fingerprint density at radius 1 is 1.11 bits per heavy atom. The first-order valence-electron chi connectivity index (χ1n) is 12.7. The maximum Gasteiger partial charge on any atom is 0.248 e. The van der Waals surface area contributed by atoms with Gasteiger partial charge in [0.25, 0.3) is 0 Å².